The molecule has 1 atom stereocenters. The molecule has 2 amide bonds. The molecule has 0 aliphatic carbocycles. The molecular weight excluding hydrogens is 322 g/mol. The van der Waals surface area contributed by atoms with E-state index in [-0.39, 0.29) is 12.1 Å². The first-order valence-corrected chi connectivity index (χ1v) is 9.15. The van der Waals surface area contributed by atoms with E-state index in [1.165, 1.54) is 0 Å². The van der Waals surface area contributed by atoms with Crippen LogP contribution in [0.15, 0.2) is 29.6 Å². The molecular formula is C18H23N3O2S. The van der Waals surface area contributed by atoms with Gasteiger partial charge in [0.2, 0.25) is 0 Å². The topological polar surface area (TPSA) is 54.5 Å². The summed E-state index contributed by atoms with van der Waals surface area (Å²) in [6.45, 7) is 3.23. The summed E-state index contributed by atoms with van der Waals surface area (Å²) in [5.74, 6) is 0.830. The van der Waals surface area contributed by atoms with Gasteiger partial charge in [0.15, 0.2) is 0 Å². The number of hydrogen-bond donors (Lipinski definition) is 1. The van der Waals surface area contributed by atoms with E-state index < -0.39 is 0 Å². The lowest BCUT2D eigenvalue weighted by molar-refractivity contribution is 0.151. The van der Waals surface area contributed by atoms with E-state index in [2.05, 4.69) is 16.4 Å². The Bertz CT molecular complexity index is 701. The van der Waals surface area contributed by atoms with Crippen molar-refractivity contribution in [2.75, 3.05) is 13.7 Å². The number of carbonyl (C=O) groups is 1. The fourth-order valence-electron chi connectivity index (χ4n) is 3.13. The van der Waals surface area contributed by atoms with E-state index >= 15 is 0 Å². The SMILES string of the molecule is COc1cccc([C@@H]2CCCCN2C(=O)NCc2csc(C)n2)c1. The zero-order valence-electron chi connectivity index (χ0n) is 14.1. The van der Waals surface area contributed by atoms with Gasteiger partial charge in [-0.3, -0.25) is 0 Å². The molecule has 0 spiro atoms. The number of thiazole rings is 1. The van der Waals surface area contributed by atoms with Crippen molar-refractivity contribution in [1.82, 2.24) is 15.2 Å². The van der Waals surface area contributed by atoms with Gasteiger partial charge in [0.25, 0.3) is 0 Å². The predicted molar refractivity (Wildman–Crippen MR) is 95.4 cm³/mol. The number of methoxy groups -OCH3 is 1. The summed E-state index contributed by atoms with van der Waals surface area (Å²) in [7, 11) is 1.67. The standard InChI is InChI=1S/C18H23N3O2S/c1-13-20-15(12-24-13)11-19-18(22)21-9-4-3-8-17(21)14-6-5-7-16(10-14)23-2/h5-7,10,12,17H,3-4,8-9,11H2,1-2H3,(H,19,22)/t17-/m0/s1. The lowest BCUT2D eigenvalue weighted by Crippen LogP contribution is -2.44. The predicted octanol–water partition coefficient (Wildman–Crippen LogP) is 3.90. The Hall–Kier alpha value is -2.08. The highest BCUT2D eigenvalue weighted by Gasteiger charge is 2.28. The van der Waals surface area contributed by atoms with Gasteiger partial charge in [0, 0.05) is 11.9 Å². The molecule has 2 heterocycles. The summed E-state index contributed by atoms with van der Waals surface area (Å²) in [4.78, 5) is 19.0. The van der Waals surface area contributed by atoms with Crippen LogP contribution in [-0.4, -0.2) is 29.6 Å². The number of nitrogens with one attached hydrogen (secondary N) is 1. The Morgan fingerprint density at radius 1 is 1.46 bits per heavy atom. The number of ether oxygens (including phenoxy) is 1. The van der Waals surface area contributed by atoms with Gasteiger partial charge in [-0.1, -0.05) is 12.1 Å². The van der Waals surface area contributed by atoms with E-state index in [0.29, 0.717) is 6.54 Å². The number of likely N-dealkylation sites (tertiary alicyclic amines) is 1. The number of nitrogens with zero attached hydrogens (tertiary/aromatic N) is 2. The zero-order valence-corrected chi connectivity index (χ0v) is 14.9. The minimum atomic E-state index is -0.0202. The van der Waals surface area contributed by atoms with Gasteiger partial charge in [-0.15, -0.1) is 11.3 Å². The number of aromatic nitrogens is 1. The second-order valence-electron chi connectivity index (χ2n) is 6.00. The smallest absolute Gasteiger partial charge is 0.318 e. The van der Waals surface area contributed by atoms with Crippen LogP contribution >= 0.6 is 11.3 Å². The maximum Gasteiger partial charge on any atom is 0.318 e. The van der Waals surface area contributed by atoms with Gasteiger partial charge in [-0.05, 0) is 43.9 Å². The van der Waals surface area contributed by atoms with Crippen LogP contribution < -0.4 is 10.1 Å². The highest BCUT2D eigenvalue weighted by molar-refractivity contribution is 7.09. The molecule has 5 nitrogen and oxygen atoms in total. The number of piperidine rings is 1. The minimum absolute atomic E-state index is 0.0202. The Morgan fingerprint density at radius 2 is 2.33 bits per heavy atom. The van der Waals surface area contributed by atoms with Crippen molar-refractivity contribution in [3.63, 3.8) is 0 Å². The molecule has 1 aromatic heterocycles. The molecule has 2 aromatic rings. The van der Waals surface area contributed by atoms with Gasteiger partial charge in [-0.25, -0.2) is 9.78 Å². The average molecular weight is 345 g/mol. The number of aryl methyl sites for hydroxylation is 1. The fourth-order valence-corrected chi connectivity index (χ4v) is 3.74. The highest BCUT2D eigenvalue weighted by Crippen LogP contribution is 2.32. The molecule has 1 saturated heterocycles. The van der Waals surface area contributed by atoms with Gasteiger partial charge in [0.1, 0.15) is 5.75 Å². The largest absolute Gasteiger partial charge is 0.497 e. The molecule has 1 aliphatic rings. The van der Waals surface area contributed by atoms with Gasteiger partial charge in [0.05, 0.1) is 30.4 Å². The van der Waals surface area contributed by atoms with Crippen molar-refractivity contribution in [2.24, 2.45) is 0 Å². The number of rotatable bonds is 4. The Morgan fingerprint density at radius 3 is 3.08 bits per heavy atom. The number of benzene rings is 1. The van der Waals surface area contributed by atoms with E-state index in [4.69, 9.17) is 4.74 Å². The minimum Gasteiger partial charge on any atom is -0.497 e. The Balaban J connectivity index is 1.70. The van der Waals surface area contributed by atoms with E-state index in [0.717, 1.165) is 47.8 Å². The first kappa shape index (κ1) is 16.8. The molecule has 0 saturated carbocycles. The maximum atomic E-state index is 12.7. The zero-order chi connectivity index (χ0) is 16.9. The summed E-state index contributed by atoms with van der Waals surface area (Å²) in [6, 6.07) is 8.10. The monoisotopic (exact) mass is 345 g/mol. The van der Waals surface area contributed by atoms with Crippen LogP contribution in [0.2, 0.25) is 0 Å². The van der Waals surface area contributed by atoms with Crippen LogP contribution in [0.25, 0.3) is 0 Å². The van der Waals surface area contributed by atoms with Crippen LogP contribution in [0, 0.1) is 6.92 Å². The Kier molecular flexibility index (Phi) is 5.35. The summed E-state index contributed by atoms with van der Waals surface area (Å²) in [6.07, 6.45) is 3.16. The van der Waals surface area contributed by atoms with Gasteiger partial charge < -0.3 is 15.0 Å². The van der Waals surface area contributed by atoms with E-state index in [1.807, 2.05) is 35.4 Å². The molecule has 1 aromatic carbocycles. The molecule has 3 rings (SSSR count). The summed E-state index contributed by atoms with van der Waals surface area (Å²) in [5.41, 5.74) is 2.05. The van der Waals surface area contributed by atoms with Crippen molar-refractivity contribution in [3.8, 4) is 5.75 Å². The third kappa shape index (κ3) is 3.87. The normalized spacial score (nSPS) is 17.6. The molecule has 0 bridgehead atoms. The molecule has 0 radical (unpaired) electrons. The van der Waals surface area contributed by atoms with Crippen molar-refractivity contribution >= 4 is 17.4 Å². The highest BCUT2D eigenvalue weighted by atomic mass is 32.1. The molecule has 1 fully saturated rings. The molecule has 1 N–H and O–H groups in total. The third-order valence-electron chi connectivity index (χ3n) is 4.33. The number of carbonyl (C=O) groups excluding carboxylic acids is 1. The van der Waals surface area contributed by atoms with Crippen LogP contribution in [0.4, 0.5) is 4.79 Å². The average Bonchev–Trinajstić information content (AvgIpc) is 3.05. The quantitative estimate of drug-likeness (QED) is 0.914. The Labute approximate surface area is 146 Å². The summed E-state index contributed by atoms with van der Waals surface area (Å²) in [5, 5.41) is 6.02. The van der Waals surface area contributed by atoms with Crippen LogP contribution in [0.3, 0.4) is 0 Å². The van der Waals surface area contributed by atoms with E-state index in [9.17, 15) is 4.79 Å². The third-order valence-corrected chi connectivity index (χ3v) is 5.15. The first-order chi connectivity index (χ1) is 11.7. The maximum absolute atomic E-state index is 12.7. The summed E-state index contributed by atoms with van der Waals surface area (Å²) >= 11 is 1.60. The van der Waals surface area contributed by atoms with Gasteiger partial charge >= 0.3 is 6.03 Å². The van der Waals surface area contributed by atoms with Crippen LogP contribution in [0.1, 0.15) is 41.6 Å². The second-order valence-corrected chi connectivity index (χ2v) is 7.06. The van der Waals surface area contributed by atoms with E-state index in [1.54, 1.807) is 18.4 Å². The number of hydrogen-bond acceptors (Lipinski definition) is 4. The van der Waals surface area contributed by atoms with Gasteiger partial charge in [-0.2, -0.15) is 0 Å². The van der Waals surface area contributed by atoms with Crippen molar-refractivity contribution in [3.05, 3.63) is 45.9 Å². The molecule has 1 aliphatic heterocycles. The molecule has 0 unspecified atom stereocenters. The first-order valence-electron chi connectivity index (χ1n) is 8.27. The number of urea groups is 1. The molecule has 24 heavy (non-hydrogen) atoms. The van der Waals surface area contributed by atoms with Crippen LogP contribution in [-0.2, 0) is 6.54 Å². The molecule has 128 valence electrons. The van der Waals surface area contributed by atoms with Crippen molar-refractivity contribution < 1.29 is 9.53 Å². The molecule has 6 heteroatoms. The number of amides is 2. The van der Waals surface area contributed by atoms with Crippen molar-refractivity contribution in [1.29, 1.82) is 0 Å². The summed E-state index contributed by atoms with van der Waals surface area (Å²) < 4.78 is 5.32. The lowest BCUT2D eigenvalue weighted by Gasteiger charge is -2.36. The fraction of sp³-hybridized carbons (Fsp3) is 0.444. The van der Waals surface area contributed by atoms with Crippen molar-refractivity contribution in [2.45, 2.75) is 38.8 Å². The lowest BCUT2D eigenvalue weighted by atomic mass is 9.95. The van der Waals surface area contributed by atoms with Crippen LogP contribution in [0.5, 0.6) is 5.75 Å². The second kappa shape index (κ2) is 7.66.